The Morgan fingerprint density at radius 3 is 2.76 bits per heavy atom. The number of aliphatic carboxylic acids is 1. The zero-order chi connectivity index (χ0) is 15.6. The summed E-state index contributed by atoms with van der Waals surface area (Å²) in [5.74, 6) is -0.415. The van der Waals surface area contributed by atoms with Crippen LogP contribution in [0.15, 0.2) is 18.2 Å². The summed E-state index contributed by atoms with van der Waals surface area (Å²) in [6.07, 6.45) is 0.853. The van der Waals surface area contributed by atoms with E-state index in [0.29, 0.717) is 12.1 Å². The summed E-state index contributed by atoms with van der Waals surface area (Å²) in [5, 5.41) is 8.92. The molecule has 0 aliphatic heterocycles. The number of carbonyl (C=O) groups is 1. The molecule has 114 valence electrons. The van der Waals surface area contributed by atoms with Gasteiger partial charge in [0.05, 0.1) is 23.5 Å². The van der Waals surface area contributed by atoms with Gasteiger partial charge in [-0.15, -0.1) is 0 Å². The molecule has 0 saturated carbocycles. The maximum Gasteiger partial charge on any atom is 0.305 e. The molecule has 0 aliphatic rings. The fourth-order valence-electron chi connectivity index (χ4n) is 2.60. The highest BCUT2D eigenvalue weighted by Crippen LogP contribution is 2.26. The molecule has 0 radical (unpaired) electrons. The third-order valence-electron chi connectivity index (χ3n) is 3.60. The predicted molar refractivity (Wildman–Crippen MR) is 78.7 cm³/mol. The fraction of sp³-hybridized carbons (Fsp3) is 0.467. The minimum absolute atomic E-state index is 0.0136. The first-order chi connectivity index (χ1) is 9.93. The Bertz CT molecular complexity index is 652. The van der Waals surface area contributed by atoms with Crippen molar-refractivity contribution in [1.82, 2.24) is 14.5 Å². The van der Waals surface area contributed by atoms with Crippen LogP contribution in [0.4, 0.5) is 4.39 Å². The number of nitrogens with zero attached hydrogens (tertiary/aromatic N) is 3. The van der Waals surface area contributed by atoms with Crippen molar-refractivity contribution < 1.29 is 14.3 Å². The van der Waals surface area contributed by atoms with Crippen molar-refractivity contribution in [3.05, 3.63) is 29.8 Å². The van der Waals surface area contributed by atoms with Crippen LogP contribution in [0.1, 0.15) is 31.6 Å². The van der Waals surface area contributed by atoms with Crippen molar-refractivity contribution in [1.29, 1.82) is 0 Å². The van der Waals surface area contributed by atoms with Crippen LogP contribution in [0.3, 0.4) is 0 Å². The number of aromatic nitrogens is 2. The van der Waals surface area contributed by atoms with Gasteiger partial charge in [-0.2, -0.15) is 0 Å². The topological polar surface area (TPSA) is 58.4 Å². The van der Waals surface area contributed by atoms with Gasteiger partial charge in [-0.05, 0) is 32.6 Å². The van der Waals surface area contributed by atoms with E-state index in [1.165, 1.54) is 12.1 Å². The van der Waals surface area contributed by atoms with Crippen LogP contribution in [0, 0.1) is 5.82 Å². The summed E-state index contributed by atoms with van der Waals surface area (Å²) in [6, 6.07) is 4.49. The molecule has 1 aromatic heterocycles. The molecular weight excluding hydrogens is 273 g/mol. The lowest BCUT2D eigenvalue weighted by atomic mass is 10.2. The lowest BCUT2D eigenvalue weighted by molar-refractivity contribution is -0.137. The van der Waals surface area contributed by atoms with E-state index in [2.05, 4.69) is 4.98 Å². The summed E-state index contributed by atoms with van der Waals surface area (Å²) in [6.45, 7) is 2.38. The van der Waals surface area contributed by atoms with E-state index in [9.17, 15) is 9.18 Å². The molecule has 1 atom stereocenters. The molecule has 6 heteroatoms. The van der Waals surface area contributed by atoms with E-state index < -0.39 is 5.97 Å². The number of hydrogen-bond acceptors (Lipinski definition) is 3. The molecular formula is C15H20FN3O2. The van der Waals surface area contributed by atoms with Crippen molar-refractivity contribution in [2.75, 3.05) is 14.1 Å². The van der Waals surface area contributed by atoms with Gasteiger partial charge in [0.15, 0.2) is 0 Å². The van der Waals surface area contributed by atoms with Crippen LogP contribution in [-0.4, -0.2) is 39.6 Å². The molecule has 0 fully saturated rings. The molecule has 0 spiro atoms. The molecule has 0 bridgehead atoms. The number of fused-ring (bicyclic) bond motifs is 1. The summed E-state index contributed by atoms with van der Waals surface area (Å²) < 4.78 is 15.3. The standard InChI is InChI=1S/C15H20FN3O2/c1-4-12(18(2)3)15-17-11-9-10(16)5-6-13(11)19(15)8-7-14(20)21/h5-6,9,12H,4,7-8H2,1-3H3,(H,20,21). The third-order valence-corrected chi connectivity index (χ3v) is 3.60. The van der Waals surface area contributed by atoms with E-state index >= 15 is 0 Å². The zero-order valence-corrected chi connectivity index (χ0v) is 12.5. The second kappa shape index (κ2) is 6.22. The number of aryl methyl sites for hydroxylation is 1. The highest BCUT2D eigenvalue weighted by Gasteiger charge is 2.21. The largest absolute Gasteiger partial charge is 0.481 e. The van der Waals surface area contributed by atoms with Crippen molar-refractivity contribution in [2.24, 2.45) is 0 Å². The normalized spacial score (nSPS) is 13.0. The quantitative estimate of drug-likeness (QED) is 0.889. The van der Waals surface area contributed by atoms with Crippen LogP contribution in [0.25, 0.3) is 11.0 Å². The van der Waals surface area contributed by atoms with Crippen LogP contribution >= 0.6 is 0 Å². The smallest absolute Gasteiger partial charge is 0.305 e. The van der Waals surface area contributed by atoms with Gasteiger partial charge in [-0.25, -0.2) is 9.37 Å². The summed E-state index contributed by atoms with van der Waals surface area (Å²) in [7, 11) is 3.91. The monoisotopic (exact) mass is 293 g/mol. The molecule has 1 heterocycles. The summed E-state index contributed by atoms with van der Waals surface area (Å²) in [4.78, 5) is 17.4. The van der Waals surface area contributed by atoms with E-state index in [1.807, 2.05) is 30.5 Å². The van der Waals surface area contributed by atoms with Crippen LogP contribution < -0.4 is 0 Å². The lowest BCUT2D eigenvalue weighted by Crippen LogP contribution is -2.23. The van der Waals surface area contributed by atoms with Crippen molar-refractivity contribution in [3.63, 3.8) is 0 Å². The van der Waals surface area contributed by atoms with E-state index in [1.54, 1.807) is 6.07 Å². The Morgan fingerprint density at radius 1 is 1.48 bits per heavy atom. The molecule has 2 rings (SSSR count). The minimum atomic E-state index is -0.859. The highest BCUT2D eigenvalue weighted by atomic mass is 19.1. The second-order valence-electron chi connectivity index (χ2n) is 5.29. The number of benzene rings is 1. The summed E-state index contributed by atoms with van der Waals surface area (Å²) >= 11 is 0. The number of carboxylic acid groups (broad SMARTS) is 1. The molecule has 0 amide bonds. The second-order valence-corrected chi connectivity index (χ2v) is 5.29. The first-order valence-electron chi connectivity index (χ1n) is 6.98. The van der Waals surface area contributed by atoms with Gasteiger partial charge in [0.25, 0.3) is 0 Å². The van der Waals surface area contributed by atoms with Gasteiger partial charge in [-0.3, -0.25) is 9.69 Å². The number of halogens is 1. The third kappa shape index (κ3) is 3.21. The van der Waals surface area contributed by atoms with Crippen molar-refractivity contribution in [2.45, 2.75) is 32.4 Å². The van der Waals surface area contributed by atoms with E-state index in [-0.39, 0.29) is 18.3 Å². The molecule has 0 saturated heterocycles. The molecule has 21 heavy (non-hydrogen) atoms. The van der Waals surface area contributed by atoms with Crippen LogP contribution in [0.5, 0.6) is 0 Å². The Morgan fingerprint density at radius 2 is 2.19 bits per heavy atom. The maximum atomic E-state index is 13.4. The highest BCUT2D eigenvalue weighted by molar-refractivity contribution is 5.76. The Hall–Kier alpha value is -1.95. The van der Waals surface area contributed by atoms with Crippen LogP contribution in [-0.2, 0) is 11.3 Å². The van der Waals surface area contributed by atoms with Gasteiger partial charge in [-0.1, -0.05) is 6.92 Å². The summed E-state index contributed by atoms with van der Waals surface area (Å²) in [5.41, 5.74) is 1.34. The number of hydrogen-bond donors (Lipinski definition) is 1. The van der Waals surface area contributed by atoms with Gasteiger partial charge in [0.1, 0.15) is 11.6 Å². The molecule has 1 aromatic carbocycles. The predicted octanol–water partition coefficient (Wildman–Crippen LogP) is 2.66. The number of rotatable bonds is 6. The minimum Gasteiger partial charge on any atom is -0.481 e. The molecule has 0 aliphatic carbocycles. The van der Waals surface area contributed by atoms with Gasteiger partial charge < -0.3 is 9.67 Å². The average Bonchev–Trinajstić information content (AvgIpc) is 2.74. The first-order valence-corrected chi connectivity index (χ1v) is 6.98. The molecule has 2 aromatic rings. The van der Waals surface area contributed by atoms with E-state index in [4.69, 9.17) is 5.11 Å². The molecule has 1 unspecified atom stereocenters. The SMILES string of the molecule is CCC(c1nc2cc(F)ccc2n1CCC(=O)O)N(C)C. The number of carboxylic acids is 1. The molecule has 1 N–H and O–H groups in total. The Kier molecular flexibility index (Phi) is 4.57. The van der Waals surface area contributed by atoms with Gasteiger partial charge in [0, 0.05) is 12.6 Å². The van der Waals surface area contributed by atoms with Gasteiger partial charge >= 0.3 is 5.97 Å². The molecule has 5 nitrogen and oxygen atoms in total. The zero-order valence-electron chi connectivity index (χ0n) is 12.5. The van der Waals surface area contributed by atoms with Gasteiger partial charge in [0.2, 0.25) is 0 Å². The first kappa shape index (κ1) is 15.4. The van der Waals surface area contributed by atoms with Crippen LogP contribution in [0.2, 0.25) is 0 Å². The van der Waals surface area contributed by atoms with Crippen molar-refractivity contribution >= 4 is 17.0 Å². The lowest BCUT2D eigenvalue weighted by Gasteiger charge is -2.23. The van der Waals surface area contributed by atoms with E-state index in [0.717, 1.165) is 17.8 Å². The Balaban J connectivity index is 2.55. The fourth-order valence-corrected chi connectivity index (χ4v) is 2.60. The maximum absolute atomic E-state index is 13.4. The Labute approximate surface area is 123 Å². The average molecular weight is 293 g/mol. The number of imidazole rings is 1. The van der Waals surface area contributed by atoms with Crippen molar-refractivity contribution in [3.8, 4) is 0 Å².